The zero-order chi connectivity index (χ0) is 21.1. The van der Waals surface area contributed by atoms with Gasteiger partial charge in [-0.1, -0.05) is 0 Å². The Bertz CT molecular complexity index is 988. The highest BCUT2D eigenvalue weighted by Gasteiger charge is 2.30. The summed E-state index contributed by atoms with van der Waals surface area (Å²) < 4.78 is 45.5. The van der Waals surface area contributed by atoms with Gasteiger partial charge in [0.2, 0.25) is 0 Å². The first-order chi connectivity index (χ1) is 14.4. The van der Waals surface area contributed by atoms with Crippen LogP contribution in [-0.4, -0.2) is 73.9 Å². The Balaban J connectivity index is 1.66. The lowest BCUT2D eigenvalue weighted by Crippen LogP contribution is -2.37. The van der Waals surface area contributed by atoms with E-state index >= 15 is 0 Å². The lowest BCUT2D eigenvalue weighted by atomic mass is 10.3. The molecule has 30 heavy (non-hydrogen) atoms. The van der Waals surface area contributed by atoms with Crippen LogP contribution >= 0.6 is 0 Å². The number of rotatable bonds is 6. The van der Waals surface area contributed by atoms with Crippen molar-refractivity contribution < 1.29 is 17.9 Å². The van der Waals surface area contributed by atoms with E-state index in [-0.39, 0.29) is 5.65 Å². The van der Waals surface area contributed by atoms with Crippen LogP contribution in [0, 0.1) is 0 Å². The molecule has 0 unspecified atom stereocenters. The number of hydrogen-bond donors (Lipinski definition) is 0. The molecule has 9 nitrogen and oxygen atoms in total. The van der Waals surface area contributed by atoms with Gasteiger partial charge in [-0.05, 0) is 7.05 Å². The van der Waals surface area contributed by atoms with Crippen molar-refractivity contribution >= 4 is 17.0 Å². The van der Waals surface area contributed by atoms with Gasteiger partial charge in [0.1, 0.15) is 18.7 Å². The van der Waals surface area contributed by atoms with Crippen LogP contribution in [0.1, 0.15) is 11.4 Å². The summed E-state index contributed by atoms with van der Waals surface area (Å²) in [5, 5.41) is 0. The van der Waals surface area contributed by atoms with Crippen LogP contribution in [0.25, 0.3) is 11.2 Å². The predicted octanol–water partition coefficient (Wildman–Crippen LogP) is 1.65. The van der Waals surface area contributed by atoms with Crippen molar-refractivity contribution in [3.8, 4) is 0 Å². The summed E-state index contributed by atoms with van der Waals surface area (Å²) in [7, 11) is 1.88. The molecule has 160 valence electrons. The highest BCUT2D eigenvalue weighted by molar-refractivity contribution is 5.83. The van der Waals surface area contributed by atoms with Crippen molar-refractivity contribution in [2.45, 2.75) is 25.8 Å². The first kappa shape index (κ1) is 20.4. The third-order valence-electron chi connectivity index (χ3n) is 4.63. The summed E-state index contributed by atoms with van der Waals surface area (Å²) in [6, 6.07) is 0. The molecule has 0 aromatic carbocycles. The van der Waals surface area contributed by atoms with Crippen molar-refractivity contribution in [3.63, 3.8) is 0 Å². The second-order valence-electron chi connectivity index (χ2n) is 7.14. The molecule has 3 aromatic rings. The van der Waals surface area contributed by atoms with Gasteiger partial charge in [0.25, 0.3) is 0 Å². The number of aromatic nitrogens is 6. The van der Waals surface area contributed by atoms with E-state index in [9.17, 15) is 13.2 Å². The molecule has 0 atom stereocenters. The van der Waals surface area contributed by atoms with Gasteiger partial charge in [0.05, 0.1) is 26.1 Å². The minimum atomic E-state index is -4.37. The quantitative estimate of drug-likeness (QED) is 0.593. The monoisotopic (exact) mass is 422 g/mol. The van der Waals surface area contributed by atoms with E-state index in [0.29, 0.717) is 56.6 Å². The van der Waals surface area contributed by atoms with Crippen LogP contribution < -0.4 is 4.90 Å². The highest BCUT2D eigenvalue weighted by Crippen LogP contribution is 2.26. The van der Waals surface area contributed by atoms with Crippen molar-refractivity contribution in [1.82, 2.24) is 34.4 Å². The van der Waals surface area contributed by atoms with Crippen LogP contribution in [-0.2, 0) is 24.4 Å². The van der Waals surface area contributed by atoms with Crippen molar-refractivity contribution in [1.29, 1.82) is 0 Å². The fraction of sp³-hybridized carbons (Fsp3) is 0.500. The average Bonchev–Trinajstić information content (AvgIpc) is 3.10. The fourth-order valence-corrected chi connectivity index (χ4v) is 3.37. The van der Waals surface area contributed by atoms with E-state index in [4.69, 9.17) is 4.74 Å². The lowest BCUT2D eigenvalue weighted by Gasteiger charge is -2.28. The van der Waals surface area contributed by atoms with E-state index in [2.05, 4.69) is 24.9 Å². The lowest BCUT2D eigenvalue weighted by molar-refractivity contribution is -0.140. The Morgan fingerprint density at radius 2 is 1.83 bits per heavy atom. The molecule has 1 saturated heterocycles. The van der Waals surface area contributed by atoms with Gasteiger partial charge < -0.3 is 14.2 Å². The SMILES string of the molecule is CN(Cc1cncnc1)Cc1nc(N2CCOCC2)c2ncn(CC(F)(F)F)c2n1. The molecule has 1 fully saturated rings. The average molecular weight is 422 g/mol. The van der Waals surface area contributed by atoms with Crippen molar-refractivity contribution in [3.05, 3.63) is 36.4 Å². The molecule has 1 aliphatic rings. The summed E-state index contributed by atoms with van der Waals surface area (Å²) in [5.41, 5.74) is 1.45. The molecule has 12 heteroatoms. The Hall–Kier alpha value is -2.86. The van der Waals surface area contributed by atoms with Crippen LogP contribution in [0.5, 0.6) is 0 Å². The molecule has 0 radical (unpaired) electrons. The molecule has 1 aliphatic heterocycles. The maximum Gasteiger partial charge on any atom is 0.406 e. The van der Waals surface area contributed by atoms with E-state index in [0.717, 1.165) is 10.1 Å². The maximum atomic E-state index is 13.0. The molecule has 4 heterocycles. The van der Waals surface area contributed by atoms with E-state index in [1.54, 1.807) is 12.4 Å². The Kier molecular flexibility index (Phi) is 5.77. The molecule has 4 rings (SSSR count). The summed E-state index contributed by atoms with van der Waals surface area (Å²) in [6.45, 7) is 1.98. The van der Waals surface area contributed by atoms with E-state index < -0.39 is 12.7 Å². The standard InChI is InChI=1S/C18H21F3N8O/c1-27(8-13-6-22-11-23-7-13)9-14-25-16(28-2-4-30-5-3-28)15-17(26-14)29(12-24-15)10-18(19,20)21/h6-7,11-12H,2-5,8-10H2,1H3. The Morgan fingerprint density at radius 3 is 2.53 bits per heavy atom. The molecule has 0 N–H and O–H groups in total. The first-order valence-corrected chi connectivity index (χ1v) is 9.43. The van der Waals surface area contributed by atoms with Gasteiger partial charge in [0, 0.05) is 37.6 Å². The minimum Gasteiger partial charge on any atom is -0.378 e. The first-order valence-electron chi connectivity index (χ1n) is 9.43. The largest absolute Gasteiger partial charge is 0.406 e. The van der Waals surface area contributed by atoms with Crippen molar-refractivity contribution in [2.24, 2.45) is 0 Å². The Morgan fingerprint density at radius 1 is 1.10 bits per heavy atom. The van der Waals surface area contributed by atoms with Crippen LogP contribution in [0.2, 0.25) is 0 Å². The number of imidazole rings is 1. The van der Waals surface area contributed by atoms with Crippen LogP contribution in [0.4, 0.5) is 19.0 Å². The molecular formula is C18H21F3N8O. The third kappa shape index (κ3) is 4.82. The summed E-state index contributed by atoms with van der Waals surface area (Å²) in [5.74, 6) is 0.961. The molecule has 0 bridgehead atoms. The second kappa shape index (κ2) is 8.48. The summed E-state index contributed by atoms with van der Waals surface area (Å²) >= 11 is 0. The molecule has 0 saturated carbocycles. The molecule has 0 spiro atoms. The minimum absolute atomic E-state index is 0.176. The molecule has 3 aromatic heterocycles. The smallest absolute Gasteiger partial charge is 0.378 e. The van der Waals surface area contributed by atoms with Gasteiger partial charge in [-0.3, -0.25) is 4.90 Å². The number of fused-ring (bicyclic) bond motifs is 1. The number of hydrogen-bond acceptors (Lipinski definition) is 8. The van der Waals surface area contributed by atoms with Gasteiger partial charge in [0.15, 0.2) is 17.0 Å². The van der Waals surface area contributed by atoms with E-state index in [1.807, 2.05) is 16.8 Å². The van der Waals surface area contributed by atoms with Gasteiger partial charge in [-0.15, -0.1) is 0 Å². The number of halogens is 3. The zero-order valence-corrected chi connectivity index (χ0v) is 16.4. The number of ether oxygens (including phenoxy) is 1. The number of alkyl halides is 3. The predicted molar refractivity (Wildman–Crippen MR) is 102 cm³/mol. The number of anilines is 1. The maximum absolute atomic E-state index is 13.0. The normalized spacial score (nSPS) is 15.3. The zero-order valence-electron chi connectivity index (χ0n) is 16.4. The van der Waals surface area contributed by atoms with Gasteiger partial charge in [-0.2, -0.15) is 13.2 Å². The topological polar surface area (TPSA) is 85.1 Å². The summed E-state index contributed by atoms with van der Waals surface area (Å²) in [6.07, 6.45) is 1.68. The second-order valence-corrected chi connectivity index (χ2v) is 7.14. The van der Waals surface area contributed by atoms with Crippen LogP contribution in [0.3, 0.4) is 0 Å². The van der Waals surface area contributed by atoms with Gasteiger partial charge in [-0.25, -0.2) is 24.9 Å². The molecule has 0 amide bonds. The third-order valence-corrected chi connectivity index (χ3v) is 4.63. The highest BCUT2D eigenvalue weighted by atomic mass is 19.4. The Labute approximate surface area is 170 Å². The van der Waals surface area contributed by atoms with Crippen molar-refractivity contribution in [2.75, 3.05) is 38.3 Å². The molecule has 0 aliphatic carbocycles. The van der Waals surface area contributed by atoms with Crippen LogP contribution in [0.15, 0.2) is 25.0 Å². The fourth-order valence-electron chi connectivity index (χ4n) is 3.37. The number of nitrogens with zero attached hydrogens (tertiary/aromatic N) is 8. The van der Waals surface area contributed by atoms with Gasteiger partial charge >= 0.3 is 6.18 Å². The van der Waals surface area contributed by atoms with E-state index in [1.165, 1.54) is 12.7 Å². The summed E-state index contributed by atoms with van der Waals surface area (Å²) in [4.78, 5) is 25.2. The molecular weight excluding hydrogens is 401 g/mol. The number of morpholine rings is 1.